The molecule has 408 valence electrons. The van der Waals surface area contributed by atoms with E-state index in [9.17, 15) is 25.2 Å². The second-order valence-electron chi connectivity index (χ2n) is 22.0. The Morgan fingerprint density at radius 3 is 2.83 bits per heavy atom. The SMILES string of the molecule is CNC(O)C12CCc3c4cc[nH]c4cn3C1NC(=NCCCC1=CCNC(N)=C1)NC21CCCC2Oc3cc(ccc3O)CC3C(C#CC21)C=CC1C(OC(C)=O)CC(c2cc(O)c(O)c(OCCc4cccnc4)c2)OC13. The minimum absolute atomic E-state index is 0.00495. The smallest absolute Gasteiger partial charge is 0.302 e. The van der Waals surface area contributed by atoms with Crippen molar-refractivity contribution in [3.8, 4) is 40.6 Å². The highest BCUT2D eigenvalue weighted by Gasteiger charge is 2.69. The number of H-pyrrole nitrogens is 1. The molecule has 3 fully saturated rings. The Labute approximate surface area is 453 Å². The van der Waals surface area contributed by atoms with Crippen LogP contribution in [0, 0.1) is 40.9 Å². The number of aliphatic hydroxyl groups excluding tert-OH is 1. The molecule has 11 N–H and O–H groups in total. The monoisotopic (exact) mass is 1060 g/mol. The van der Waals surface area contributed by atoms with Crippen molar-refractivity contribution in [2.75, 3.05) is 26.7 Å². The number of aromatic amines is 1. The highest BCUT2D eigenvalue weighted by Crippen LogP contribution is 2.60. The summed E-state index contributed by atoms with van der Waals surface area (Å²) in [7, 11) is 1.80. The van der Waals surface area contributed by atoms with Crippen molar-refractivity contribution in [3.05, 3.63) is 131 Å². The van der Waals surface area contributed by atoms with Gasteiger partial charge in [-0.2, -0.15) is 0 Å². The summed E-state index contributed by atoms with van der Waals surface area (Å²) >= 11 is 0. The molecule has 0 amide bonds. The maximum Gasteiger partial charge on any atom is 0.302 e. The van der Waals surface area contributed by atoms with Crippen LogP contribution in [-0.2, 0) is 33.5 Å². The van der Waals surface area contributed by atoms with Crippen LogP contribution in [0.3, 0.4) is 0 Å². The molecular weight excluding hydrogens is 991 g/mol. The molecule has 78 heavy (non-hydrogen) atoms. The predicted molar refractivity (Wildman–Crippen MR) is 292 cm³/mol. The molecule has 18 heteroatoms. The number of carbonyl (C=O) groups excluding carboxylic acids is 1. The second-order valence-corrected chi connectivity index (χ2v) is 22.0. The summed E-state index contributed by atoms with van der Waals surface area (Å²) < 4.78 is 28.9. The number of benzene rings is 2. The molecule has 18 nitrogen and oxygen atoms in total. The average Bonchev–Trinajstić information content (AvgIpc) is 4.19. The zero-order chi connectivity index (χ0) is 53.7. The van der Waals surface area contributed by atoms with Crippen molar-refractivity contribution >= 4 is 22.8 Å². The van der Waals surface area contributed by atoms with Gasteiger partial charge >= 0.3 is 5.97 Å². The van der Waals surface area contributed by atoms with Crippen LogP contribution in [0.2, 0.25) is 0 Å². The first-order valence-corrected chi connectivity index (χ1v) is 27.5. The first kappa shape index (κ1) is 51.2. The van der Waals surface area contributed by atoms with Gasteiger partial charge in [0.1, 0.15) is 24.6 Å². The van der Waals surface area contributed by atoms with Gasteiger partial charge < -0.3 is 70.6 Å². The molecule has 8 heterocycles. The number of phenols is 3. The number of carbonyl (C=O) groups is 1. The van der Waals surface area contributed by atoms with Crippen LogP contribution >= 0.6 is 0 Å². The van der Waals surface area contributed by atoms with Gasteiger partial charge in [0.2, 0.25) is 5.75 Å². The summed E-state index contributed by atoms with van der Waals surface area (Å²) in [6.45, 7) is 2.83. The normalized spacial score (nSPS) is 30.6. The molecular formula is C60H69N9O9. The molecule has 3 aromatic heterocycles. The number of esters is 1. The Balaban J connectivity index is 0.946. The number of nitrogens with one attached hydrogen (secondary N) is 5. The number of allylic oxidation sites excluding steroid dienone is 3. The van der Waals surface area contributed by atoms with Crippen LogP contribution in [0.1, 0.15) is 86.5 Å². The summed E-state index contributed by atoms with van der Waals surface area (Å²) in [6, 6.07) is 14.6. The summed E-state index contributed by atoms with van der Waals surface area (Å²) in [6.07, 6.45) is 18.1. The number of pyridine rings is 1. The van der Waals surface area contributed by atoms with Gasteiger partial charge in [-0.15, -0.1) is 0 Å². The third-order valence-corrected chi connectivity index (χ3v) is 17.6. The standard InChI is InChI=1S/C60H69N9O9/c1-34(70)76-50-31-49(39-29-47(72)54(73)52(30-39)75-25-18-36-7-4-21-63-32-36)78-55-41(50)12-10-38-11-13-43-48(77-51-27-37(26-42(38)55)9-14-46(51)71)8-3-19-60(43)59(57(74)62-2)20-15-45-40-17-24-64-44(40)33-69(45)56(59)67-58(68-60)66-22-5-6-35-16-23-65-53(61)28-35/h4,7,9-10,12,14,16-17,21,24,27-30,32-33,38,41-43,48-50,55-57,62,64-65,71-74H,3,5-6,8,15,18-20,22-23,25-26,31,61H2,1-2H3,(H2,66,67,68). The number of aliphatic imine (C=N–C) groups is 1. The van der Waals surface area contributed by atoms with E-state index in [1.54, 1.807) is 31.6 Å². The molecule has 12 rings (SSSR count). The van der Waals surface area contributed by atoms with E-state index < -0.39 is 59.7 Å². The van der Waals surface area contributed by atoms with E-state index in [1.807, 2.05) is 36.5 Å². The van der Waals surface area contributed by atoms with E-state index in [1.165, 1.54) is 18.6 Å². The van der Waals surface area contributed by atoms with Crippen LogP contribution in [0.25, 0.3) is 10.9 Å². The highest BCUT2D eigenvalue weighted by atomic mass is 16.6. The van der Waals surface area contributed by atoms with Gasteiger partial charge in [-0.25, -0.2) is 0 Å². The number of nitrogens with zero attached hydrogens (tertiary/aromatic N) is 3. The van der Waals surface area contributed by atoms with Crippen molar-refractivity contribution in [1.29, 1.82) is 0 Å². The maximum absolute atomic E-state index is 12.9. The number of aryl methyl sites for hydroxylation is 1. The molecule has 2 aromatic carbocycles. The number of fused-ring (bicyclic) bond motifs is 13. The Morgan fingerprint density at radius 1 is 1.10 bits per heavy atom. The van der Waals surface area contributed by atoms with E-state index >= 15 is 0 Å². The molecule has 7 aliphatic rings. The number of rotatable bonds is 12. The summed E-state index contributed by atoms with van der Waals surface area (Å²) in [4.78, 5) is 25.8. The predicted octanol–water partition coefficient (Wildman–Crippen LogP) is 6.16. The summed E-state index contributed by atoms with van der Waals surface area (Å²) in [5, 5.41) is 62.2. The molecule has 2 aliphatic carbocycles. The highest BCUT2D eigenvalue weighted by molar-refractivity contribution is 5.85. The van der Waals surface area contributed by atoms with Crippen LogP contribution in [0.4, 0.5) is 0 Å². The number of hydrogen-bond acceptors (Lipinski definition) is 14. The van der Waals surface area contributed by atoms with Gasteiger partial charge in [0.05, 0.1) is 47.0 Å². The van der Waals surface area contributed by atoms with Gasteiger partial charge in [0.15, 0.2) is 29.0 Å². The molecule has 12 atom stereocenters. The number of dihydropyridines is 1. The number of aromatic nitrogens is 3. The van der Waals surface area contributed by atoms with E-state index in [0.717, 1.165) is 47.0 Å². The van der Waals surface area contributed by atoms with Crippen LogP contribution in [0.5, 0.6) is 28.7 Å². The van der Waals surface area contributed by atoms with Crippen LogP contribution in [0.15, 0.2) is 114 Å². The van der Waals surface area contributed by atoms with Gasteiger partial charge in [-0.3, -0.25) is 20.1 Å². The van der Waals surface area contributed by atoms with Crippen molar-refractivity contribution in [2.45, 2.75) is 113 Å². The van der Waals surface area contributed by atoms with Crippen molar-refractivity contribution in [1.82, 2.24) is 35.8 Å². The number of ether oxygens (including phenoxy) is 4. The first-order valence-electron chi connectivity index (χ1n) is 27.5. The Morgan fingerprint density at radius 2 is 2.00 bits per heavy atom. The maximum atomic E-state index is 12.9. The molecule has 2 saturated heterocycles. The average molecular weight is 1060 g/mol. The van der Waals surface area contributed by atoms with Gasteiger partial charge in [0, 0.05) is 86.5 Å². The lowest BCUT2D eigenvalue weighted by Gasteiger charge is -2.65. The van der Waals surface area contributed by atoms with Crippen molar-refractivity contribution in [2.24, 2.45) is 39.8 Å². The topological polar surface area (TPSA) is 255 Å². The van der Waals surface area contributed by atoms with Crippen molar-refractivity contribution in [3.63, 3.8) is 0 Å². The minimum Gasteiger partial charge on any atom is -0.504 e. The second kappa shape index (κ2) is 21.0. The lowest BCUT2D eigenvalue weighted by atomic mass is 9.51. The number of aliphatic hydroxyl groups is 1. The number of aromatic hydroxyl groups is 3. The Kier molecular flexibility index (Phi) is 13.8. The Hall–Kier alpha value is -7.59. The number of nitrogens with two attached hydrogens (primary N) is 1. The lowest BCUT2D eigenvalue weighted by Crippen LogP contribution is -2.81. The van der Waals surface area contributed by atoms with E-state index in [4.69, 9.17) is 29.7 Å². The number of phenolic OH excluding ortho intramolecular Hbond substituents is 3. The minimum atomic E-state index is -1.03. The van der Waals surface area contributed by atoms with Gasteiger partial charge in [0.25, 0.3) is 0 Å². The summed E-state index contributed by atoms with van der Waals surface area (Å²) in [5.41, 5.74) is 9.96. The quantitative estimate of drug-likeness (QED) is 0.0168. The zero-order valence-corrected chi connectivity index (χ0v) is 44.0. The lowest BCUT2D eigenvalue weighted by molar-refractivity contribution is -0.179. The molecule has 1 saturated carbocycles. The van der Waals surface area contributed by atoms with E-state index in [2.05, 4.69) is 78.1 Å². The molecule has 5 aliphatic heterocycles. The van der Waals surface area contributed by atoms with Gasteiger partial charge in [-0.1, -0.05) is 42.2 Å². The third-order valence-electron chi connectivity index (χ3n) is 17.6. The third kappa shape index (κ3) is 9.24. The van der Waals surface area contributed by atoms with Crippen LogP contribution in [-0.4, -0.2) is 104 Å². The van der Waals surface area contributed by atoms with Crippen LogP contribution < -0.4 is 36.5 Å². The zero-order valence-electron chi connectivity index (χ0n) is 44.0. The molecule has 12 unspecified atom stereocenters. The van der Waals surface area contributed by atoms with Crippen molar-refractivity contribution < 1.29 is 44.2 Å². The van der Waals surface area contributed by atoms with Gasteiger partial charge in [-0.05, 0) is 123 Å². The summed E-state index contributed by atoms with van der Waals surface area (Å²) in [5.74, 6) is 6.63. The fraction of sp³-hybridized carbons (Fsp3) is 0.450. The largest absolute Gasteiger partial charge is 0.504 e. The fourth-order valence-corrected chi connectivity index (χ4v) is 14.0. The molecule has 1 spiro atoms. The Bertz CT molecular complexity index is 3270. The number of guanidine groups is 1. The first-order chi connectivity index (χ1) is 37.9. The fourth-order valence-electron chi connectivity index (χ4n) is 14.0. The molecule has 5 aromatic rings. The molecule has 2 bridgehead atoms. The van der Waals surface area contributed by atoms with E-state index in [0.29, 0.717) is 74.7 Å². The molecule has 0 radical (unpaired) electrons. The van der Waals surface area contributed by atoms with E-state index in [-0.39, 0.29) is 53.8 Å². The number of hydrogen-bond donors (Lipinski definition) is 10.